The van der Waals surface area contributed by atoms with E-state index in [0.717, 1.165) is 30.8 Å². The predicted molar refractivity (Wildman–Crippen MR) is 84.2 cm³/mol. The molecule has 1 heterocycles. The SMILES string of the molecule is CCc1cc(C(=O)O)cc(N(CCOC)C(CC)CC)n1. The van der Waals surface area contributed by atoms with E-state index in [1.165, 1.54) is 0 Å². The van der Waals surface area contributed by atoms with Gasteiger partial charge in [-0.25, -0.2) is 9.78 Å². The number of methoxy groups -OCH3 is 1. The lowest BCUT2D eigenvalue weighted by Crippen LogP contribution is -2.38. The van der Waals surface area contributed by atoms with Crippen molar-refractivity contribution in [2.24, 2.45) is 0 Å². The van der Waals surface area contributed by atoms with Gasteiger partial charge in [0.1, 0.15) is 5.82 Å². The second kappa shape index (κ2) is 8.62. The van der Waals surface area contributed by atoms with E-state index in [2.05, 4.69) is 23.7 Å². The molecule has 0 radical (unpaired) electrons. The van der Waals surface area contributed by atoms with E-state index in [1.807, 2.05) is 6.92 Å². The number of hydrogen-bond donors (Lipinski definition) is 1. The van der Waals surface area contributed by atoms with Gasteiger partial charge in [-0.3, -0.25) is 0 Å². The highest BCUT2D eigenvalue weighted by atomic mass is 16.5. The van der Waals surface area contributed by atoms with Crippen molar-refractivity contribution in [2.75, 3.05) is 25.2 Å². The number of nitrogens with zero attached hydrogens (tertiary/aromatic N) is 2. The lowest BCUT2D eigenvalue weighted by molar-refractivity contribution is 0.0696. The van der Waals surface area contributed by atoms with Crippen molar-refractivity contribution < 1.29 is 14.6 Å². The van der Waals surface area contributed by atoms with Crippen LogP contribution in [0.15, 0.2) is 12.1 Å². The van der Waals surface area contributed by atoms with Gasteiger partial charge in [-0.1, -0.05) is 20.8 Å². The van der Waals surface area contributed by atoms with E-state index in [-0.39, 0.29) is 0 Å². The summed E-state index contributed by atoms with van der Waals surface area (Å²) in [6.45, 7) is 7.55. The summed E-state index contributed by atoms with van der Waals surface area (Å²) in [7, 11) is 1.67. The van der Waals surface area contributed by atoms with Gasteiger partial charge >= 0.3 is 5.97 Å². The fourth-order valence-corrected chi connectivity index (χ4v) is 2.43. The standard InChI is InChI=1S/C16H26N2O3/c1-5-13-10-12(16(19)20)11-15(17-13)18(8-9-21-4)14(6-2)7-3/h10-11,14H,5-9H2,1-4H3,(H,19,20). The highest BCUT2D eigenvalue weighted by molar-refractivity contribution is 5.88. The summed E-state index contributed by atoms with van der Waals surface area (Å²) < 4.78 is 5.18. The minimum atomic E-state index is -0.912. The molecule has 118 valence electrons. The Bertz CT molecular complexity index is 459. The van der Waals surface area contributed by atoms with Crippen LogP contribution < -0.4 is 4.90 Å². The van der Waals surface area contributed by atoms with Crippen LogP contribution >= 0.6 is 0 Å². The Morgan fingerprint density at radius 2 is 2.00 bits per heavy atom. The van der Waals surface area contributed by atoms with Crippen molar-refractivity contribution in [1.82, 2.24) is 4.98 Å². The highest BCUT2D eigenvalue weighted by Gasteiger charge is 2.19. The Morgan fingerprint density at radius 3 is 2.48 bits per heavy atom. The molecule has 0 atom stereocenters. The second-order valence-electron chi connectivity index (χ2n) is 5.02. The molecule has 1 N–H and O–H groups in total. The Labute approximate surface area is 126 Å². The third-order valence-corrected chi connectivity index (χ3v) is 3.69. The molecule has 0 bridgehead atoms. The number of rotatable bonds is 9. The number of carboxylic acid groups (broad SMARTS) is 1. The van der Waals surface area contributed by atoms with Crippen LogP contribution in [0, 0.1) is 0 Å². The highest BCUT2D eigenvalue weighted by Crippen LogP contribution is 2.21. The first-order chi connectivity index (χ1) is 10.1. The zero-order valence-electron chi connectivity index (χ0n) is 13.4. The minimum Gasteiger partial charge on any atom is -0.478 e. The number of aromatic nitrogens is 1. The first kappa shape index (κ1) is 17.4. The van der Waals surface area contributed by atoms with Gasteiger partial charge < -0.3 is 14.7 Å². The quantitative estimate of drug-likeness (QED) is 0.758. The number of ether oxygens (including phenoxy) is 1. The molecule has 5 heteroatoms. The van der Waals surface area contributed by atoms with E-state index >= 15 is 0 Å². The molecule has 0 aliphatic carbocycles. The molecule has 0 saturated carbocycles. The summed E-state index contributed by atoms with van der Waals surface area (Å²) in [5.74, 6) is -0.179. The van der Waals surface area contributed by atoms with E-state index in [4.69, 9.17) is 4.74 Å². The van der Waals surface area contributed by atoms with Gasteiger partial charge in [0, 0.05) is 25.4 Å². The Morgan fingerprint density at radius 1 is 1.33 bits per heavy atom. The van der Waals surface area contributed by atoms with Crippen molar-refractivity contribution >= 4 is 11.8 Å². The van der Waals surface area contributed by atoms with Crippen LogP contribution in [0.25, 0.3) is 0 Å². The van der Waals surface area contributed by atoms with E-state index < -0.39 is 5.97 Å². The van der Waals surface area contributed by atoms with Crippen LogP contribution in [-0.4, -0.2) is 42.4 Å². The summed E-state index contributed by atoms with van der Waals surface area (Å²) in [6, 6.07) is 3.64. The molecular formula is C16H26N2O3. The second-order valence-corrected chi connectivity index (χ2v) is 5.02. The maximum absolute atomic E-state index is 11.3. The third kappa shape index (κ3) is 4.70. The van der Waals surface area contributed by atoms with Crippen molar-refractivity contribution in [2.45, 2.75) is 46.1 Å². The first-order valence-corrected chi connectivity index (χ1v) is 7.57. The lowest BCUT2D eigenvalue weighted by Gasteiger charge is -2.32. The molecule has 1 aromatic rings. The number of aromatic carboxylic acids is 1. The van der Waals surface area contributed by atoms with Gasteiger partial charge in [0.05, 0.1) is 12.2 Å². The number of carboxylic acids is 1. The van der Waals surface area contributed by atoms with Gasteiger partial charge in [-0.2, -0.15) is 0 Å². The van der Waals surface area contributed by atoms with Crippen molar-refractivity contribution in [3.05, 3.63) is 23.4 Å². The molecule has 0 spiro atoms. The van der Waals surface area contributed by atoms with E-state index in [1.54, 1.807) is 19.2 Å². The van der Waals surface area contributed by atoms with Crippen LogP contribution in [0.1, 0.15) is 49.7 Å². The number of aryl methyl sites for hydroxylation is 1. The molecule has 0 unspecified atom stereocenters. The summed E-state index contributed by atoms with van der Waals surface area (Å²) in [4.78, 5) is 18.1. The molecule has 21 heavy (non-hydrogen) atoms. The Hall–Kier alpha value is -1.62. The fourth-order valence-electron chi connectivity index (χ4n) is 2.43. The summed E-state index contributed by atoms with van der Waals surface area (Å²) >= 11 is 0. The van der Waals surface area contributed by atoms with E-state index in [9.17, 15) is 9.90 Å². The number of pyridine rings is 1. The van der Waals surface area contributed by atoms with E-state index in [0.29, 0.717) is 24.8 Å². The van der Waals surface area contributed by atoms with Gasteiger partial charge in [0.15, 0.2) is 0 Å². The molecule has 0 aliphatic heterocycles. The molecule has 0 saturated heterocycles. The molecule has 0 aromatic carbocycles. The third-order valence-electron chi connectivity index (χ3n) is 3.69. The summed E-state index contributed by atoms with van der Waals surface area (Å²) in [5.41, 5.74) is 1.10. The predicted octanol–water partition coefficient (Wildman–Crippen LogP) is 2.98. The van der Waals surface area contributed by atoms with Crippen LogP contribution in [0.2, 0.25) is 0 Å². The maximum atomic E-state index is 11.3. The van der Waals surface area contributed by atoms with Crippen LogP contribution in [0.3, 0.4) is 0 Å². The molecule has 0 fully saturated rings. The lowest BCUT2D eigenvalue weighted by atomic mass is 10.1. The number of hydrogen-bond acceptors (Lipinski definition) is 4. The van der Waals surface area contributed by atoms with Crippen LogP contribution in [0.4, 0.5) is 5.82 Å². The van der Waals surface area contributed by atoms with Crippen molar-refractivity contribution in [3.63, 3.8) is 0 Å². The van der Waals surface area contributed by atoms with Gasteiger partial charge in [0.25, 0.3) is 0 Å². The van der Waals surface area contributed by atoms with Crippen molar-refractivity contribution in [3.8, 4) is 0 Å². The topological polar surface area (TPSA) is 62.7 Å². The monoisotopic (exact) mass is 294 g/mol. The normalized spacial score (nSPS) is 10.9. The first-order valence-electron chi connectivity index (χ1n) is 7.57. The zero-order chi connectivity index (χ0) is 15.8. The number of carbonyl (C=O) groups is 1. The number of anilines is 1. The fraction of sp³-hybridized carbons (Fsp3) is 0.625. The molecule has 1 rings (SSSR count). The van der Waals surface area contributed by atoms with Gasteiger partial charge in [0.2, 0.25) is 0 Å². The van der Waals surface area contributed by atoms with Gasteiger partial charge in [-0.15, -0.1) is 0 Å². The van der Waals surface area contributed by atoms with Crippen LogP contribution in [0.5, 0.6) is 0 Å². The molecule has 0 amide bonds. The minimum absolute atomic E-state index is 0.297. The Kier molecular flexibility index (Phi) is 7.15. The van der Waals surface area contributed by atoms with Gasteiger partial charge in [-0.05, 0) is 31.4 Å². The smallest absolute Gasteiger partial charge is 0.335 e. The maximum Gasteiger partial charge on any atom is 0.335 e. The average Bonchev–Trinajstić information content (AvgIpc) is 2.50. The molecule has 1 aromatic heterocycles. The zero-order valence-corrected chi connectivity index (χ0v) is 13.4. The summed E-state index contributed by atoms with van der Waals surface area (Å²) in [5, 5.41) is 9.27. The average molecular weight is 294 g/mol. The molecule has 0 aliphatic rings. The Balaban J connectivity index is 3.21. The van der Waals surface area contributed by atoms with Crippen molar-refractivity contribution in [1.29, 1.82) is 0 Å². The largest absolute Gasteiger partial charge is 0.478 e. The summed E-state index contributed by atoms with van der Waals surface area (Å²) in [6.07, 6.45) is 2.69. The molecule has 5 nitrogen and oxygen atoms in total. The molecular weight excluding hydrogens is 268 g/mol. The van der Waals surface area contributed by atoms with Crippen LogP contribution in [-0.2, 0) is 11.2 Å².